The summed E-state index contributed by atoms with van der Waals surface area (Å²) in [6.07, 6.45) is 0.939. The first kappa shape index (κ1) is 14.7. The first-order valence-electron chi connectivity index (χ1n) is 6.74. The van der Waals surface area contributed by atoms with Crippen LogP contribution in [0.5, 0.6) is 5.75 Å². The van der Waals surface area contributed by atoms with Crippen molar-refractivity contribution >= 4 is 17.3 Å². The summed E-state index contributed by atoms with van der Waals surface area (Å²) < 4.78 is 5.41. The third-order valence-corrected chi connectivity index (χ3v) is 3.47. The Balaban J connectivity index is 2.04. The molecule has 1 N–H and O–H groups in total. The van der Waals surface area contributed by atoms with Crippen LogP contribution in [0, 0.1) is 6.92 Å². The van der Waals surface area contributed by atoms with Crippen LogP contribution >= 0.6 is 11.6 Å². The lowest BCUT2D eigenvalue weighted by atomic mass is 10.1. The molecule has 1 atom stereocenters. The van der Waals surface area contributed by atoms with E-state index in [4.69, 9.17) is 16.3 Å². The summed E-state index contributed by atoms with van der Waals surface area (Å²) in [5.41, 5.74) is 3.48. The topological polar surface area (TPSA) is 21.3 Å². The van der Waals surface area contributed by atoms with Gasteiger partial charge in [-0.25, -0.2) is 0 Å². The van der Waals surface area contributed by atoms with E-state index in [0.717, 1.165) is 22.9 Å². The molecule has 20 heavy (non-hydrogen) atoms. The Morgan fingerprint density at radius 3 is 2.50 bits per heavy atom. The number of ether oxygens (including phenoxy) is 1. The maximum Gasteiger partial charge on any atom is 0.142 e. The largest absolute Gasteiger partial charge is 0.495 e. The first-order valence-corrected chi connectivity index (χ1v) is 7.12. The first-order chi connectivity index (χ1) is 9.58. The van der Waals surface area contributed by atoms with Crippen molar-refractivity contribution in [1.82, 2.24) is 0 Å². The van der Waals surface area contributed by atoms with Gasteiger partial charge < -0.3 is 10.1 Å². The Labute approximate surface area is 125 Å². The van der Waals surface area contributed by atoms with Crippen molar-refractivity contribution in [2.75, 3.05) is 12.4 Å². The summed E-state index contributed by atoms with van der Waals surface area (Å²) in [6.45, 7) is 4.22. The summed E-state index contributed by atoms with van der Waals surface area (Å²) in [6, 6.07) is 14.5. The van der Waals surface area contributed by atoms with Gasteiger partial charge in [-0.3, -0.25) is 0 Å². The number of hydrogen-bond acceptors (Lipinski definition) is 2. The minimum atomic E-state index is 0.313. The lowest BCUT2D eigenvalue weighted by Crippen LogP contribution is -2.18. The lowest BCUT2D eigenvalue weighted by molar-refractivity contribution is 0.415. The fourth-order valence-corrected chi connectivity index (χ4v) is 2.33. The van der Waals surface area contributed by atoms with Crippen molar-refractivity contribution in [2.24, 2.45) is 0 Å². The Bertz CT molecular complexity index is 566. The number of benzene rings is 2. The molecule has 2 aromatic rings. The van der Waals surface area contributed by atoms with Gasteiger partial charge in [-0.2, -0.15) is 0 Å². The van der Waals surface area contributed by atoms with E-state index in [2.05, 4.69) is 43.4 Å². The van der Waals surface area contributed by atoms with Crippen molar-refractivity contribution < 1.29 is 4.74 Å². The van der Waals surface area contributed by atoms with Gasteiger partial charge in [-0.05, 0) is 55.7 Å². The zero-order chi connectivity index (χ0) is 14.5. The molecule has 1 unspecified atom stereocenters. The van der Waals surface area contributed by atoms with E-state index in [1.807, 2.05) is 18.2 Å². The zero-order valence-corrected chi connectivity index (χ0v) is 12.9. The van der Waals surface area contributed by atoms with Gasteiger partial charge in [0.2, 0.25) is 0 Å². The van der Waals surface area contributed by atoms with E-state index in [9.17, 15) is 0 Å². The lowest BCUT2D eigenvalue weighted by Gasteiger charge is -2.18. The average Bonchev–Trinajstić information content (AvgIpc) is 2.43. The standard InChI is InChI=1S/C17H20ClNO/c1-12-4-9-16(17(10-12)20-3)19-13(2)11-14-5-7-15(18)8-6-14/h4-10,13,19H,11H2,1-3H3. The highest BCUT2D eigenvalue weighted by atomic mass is 35.5. The Morgan fingerprint density at radius 1 is 1.15 bits per heavy atom. The van der Waals surface area contributed by atoms with E-state index in [0.29, 0.717) is 6.04 Å². The fraction of sp³-hybridized carbons (Fsp3) is 0.294. The molecule has 0 fully saturated rings. The van der Waals surface area contributed by atoms with Crippen LogP contribution in [0.4, 0.5) is 5.69 Å². The smallest absolute Gasteiger partial charge is 0.142 e. The fourth-order valence-electron chi connectivity index (χ4n) is 2.21. The third kappa shape index (κ3) is 3.91. The van der Waals surface area contributed by atoms with Gasteiger partial charge in [0.05, 0.1) is 12.8 Å². The normalized spacial score (nSPS) is 12.0. The molecule has 0 aliphatic heterocycles. The maximum absolute atomic E-state index is 5.90. The Hall–Kier alpha value is -1.67. The van der Waals surface area contributed by atoms with E-state index in [1.54, 1.807) is 7.11 Å². The summed E-state index contributed by atoms with van der Waals surface area (Å²) >= 11 is 5.90. The summed E-state index contributed by atoms with van der Waals surface area (Å²) in [7, 11) is 1.70. The van der Waals surface area contributed by atoms with Gasteiger partial charge in [-0.1, -0.05) is 29.8 Å². The predicted octanol–water partition coefficient (Wildman–Crippen LogP) is 4.70. The third-order valence-electron chi connectivity index (χ3n) is 3.21. The van der Waals surface area contributed by atoms with Crippen molar-refractivity contribution in [3.8, 4) is 5.75 Å². The summed E-state index contributed by atoms with van der Waals surface area (Å²) in [4.78, 5) is 0. The van der Waals surface area contributed by atoms with Gasteiger partial charge in [0.1, 0.15) is 5.75 Å². The predicted molar refractivity (Wildman–Crippen MR) is 86.0 cm³/mol. The van der Waals surface area contributed by atoms with E-state index in [-0.39, 0.29) is 0 Å². The molecular weight excluding hydrogens is 270 g/mol. The number of halogens is 1. The highest BCUT2D eigenvalue weighted by Crippen LogP contribution is 2.26. The van der Waals surface area contributed by atoms with Gasteiger partial charge in [0.25, 0.3) is 0 Å². The molecule has 0 amide bonds. The van der Waals surface area contributed by atoms with Crippen LogP contribution in [-0.2, 0) is 6.42 Å². The molecule has 0 saturated carbocycles. The monoisotopic (exact) mass is 289 g/mol. The molecule has 2 aromatic carbocycles. The quantitative estimate of drug-likeness (QED) is 0.861. The van der Waals surface area contributed by atoms with E-state index >= 15 is 0 Å². The van der Waals surface area contributed by atoms with Crippen LogP contribution in [-0.4, -0.2) is 13.2 Å². The summed E-state index contributed by atoms with van der Waals surface area (Å²) in [5.74, 6) is 0.882. The molecule has 0 aliphatic carbocycles. The van der Waals surface area contributed by atoms with Crippen LogP contribution in [0.3, 0.4) is 0 Å². The molecule has 2 rings (SSSR count). The second-order valence-corrected chi connectivity index (χ2v) is 5.52. The van der Waals surface area contributed by atoms with Gasteiger partial charge in [0, 0.05) is 11.1 Å². The molecule has 0 heterocycles. The molecule has 2 nitrogen and oxygen atoms in total. The van der Waals surface area contributed by atoms with Crippen LogP contribution in [0.15, 0.2) is 42.5 Å². The molecule has 106 valence electrons. The minimum Gasteiger partial charge on any atom is -0.495 e. The molecule has 0 saturated heterocycles. The van der Waals surface area contributed by atoms with Gasteiger partial charge in [0.15, 0.2) is 0 Å². The van der Waals surface area contributed by atoms with Crippen LogP contribution in [0.2, 0.25) is 5.02 Å². The second kappa shape index (κ2) is 6.67. The van der Waals surface area contributed by atoms with Crippen molar-refractivity contribution in [3.05, 3.63) is 58.6 Å². The van der Waals surface area contributed by atoms with Gasteiger partial charge >= 0.3 is 0 Å². The van der Waals surface area contributed by atoms with Crippen LogP contribution in [0.25, 0.3) is 0 Å². The van der Waals surface area contributed by atoms with E-state index < -0.39 is 0 Å². The highest BCUT2D eigenvalue weighted by molar-refractivity contribution is 6.30. The SMILES string of the molecule is COc1cc(C)ccc1NC(C)Cc1ccc(Cl)cc1. The zero-order valence-electron chi connectivity index (χ0n) is 12.1. The number of aryl methyl sites for hydroxylation is 1. The minimum absolute atomic E-state index is 0.313. The molecule has 0 radical (unpaired) electrons. The summed E-state index contributed by atoms with van der Waals surface area (Å²) in [5, 5.41) is 4.27. The molecule has 0 spiro atoms. The second-order valence-electron chi connectivity index (χ2n) is 5.08. The number of hydrogen-bond donors (Lipinski definition) is 1. The van der Waals surface area contributed by atoms with Crippen molar-refractivity contribution in [3.63, 3.8) is 0 Å². The van der Waals surface area contributed by atoms with Crippen LogP contribution in [0.1, 0.15) is 18.1 Å². The van der Waals surface area contributed by atoms with Crippen LogP contribution < -0.4 is 10.1 Å². The molecule has 0 bridgehead atoms. The highest BCUT2D eigenvalue weighted by Gasteiger charge is 2.08. The van der Waals surface area contributed by atoms with Crippen molar-refractivity contribution in [1.29, 1.82) is 0 Å². The number of rotatable bonds is 5. The van der Waals surface area contributed by atoms with E-state index in [1.165, 1.54) is 11.1 Å². The number of methoxy groups -OCH3 is 1. The average molecular weight is 290 g/mol. The molecular formula is C17H20ClNO. The number of nitrogens with one attached hydrogen (secondary N) is 1. The Morgan fingerprint density at radius 2 is 1.85 bits per heavy atom. The maximum atomic E-state index is 5.90. The molecule has 0 aliphatic rings. The molecule has 0 aromatic heterocycles. The Kier molecular flexibility index (Phi) is 4.91. The molecule has 3 heteroatoms. The number of anilines is 1. The van der Waals surface area contributed by atoms with Crippen molar-refractivity contribution in [2.45, 2.75) is 26.3 Å². The van der Waals surface area contributed by atoms with Gasteiger partial charge in [-0.15, -0.1) is 0 Å².